The van der Waals surface area contributed by atoms with E-state index in [0.29, 0.717) is 6.61 Å². The molecule has 0 aromatic rings. The summed E-state index contributed by atoms with van der Waals surface area (Å²) in [5.74, 6) is -0.845. The van der Waals surface area contributed by atoms with E-state index >= 15 is 0 Å². The van der Waals surface area contributed by atoms with Crippen molar-refractivity contribution >= 4 is 11.9 Å². The van der Waals surface area contributed by atoms with Crippen LogP contribution >= 0.6 is 0 Å². The fourth-order valence-corrected chi connectivity index (χ4v) is 3.11. The number of rotatable bonds is 16. The monoisotopic (exact) mass is 384 g/mol. The smallest absolute Gasteiger partial charge is 0.347 e. The van der Waals surface area contributed by atoms with Crippen LogP contribution in [0.1, 0.15) is 112 Å². The van der Waals surface area contributed by atoms with Gasteiger partial charge in [0.1, 0.15) is 0 Å². The summed E-state index contributed by atoms with van der Waals surface area (Å²) in [6.07, 6.45) is 12.7. The number of unbranched alkanes of at least 4 members (excludes halogenated alkanes) is 9. The van der Waals surface area contributed by atoms with Gasteiger partial charge in [0.2, 0.25) is 6.10 Å². The van der Waals surface area contributed by atoms with Gasteiger partial charge >= 0.3 is 11.9 Å². The number of hydrogen-bond acceptors (Lipinski definition) is 4. The van der Waals surface area contributed by atoms with E-state index in [4.69, 9.17) is 9.47 Å². The van der Waals surface area contributed by atoms with Crippen LogP contribution in [0.3, 0.4) is 0 Å². The zero-order chi connectivity index (χ0) is 20.7. The maximum absolute atomic E-state index is 12.5. The minimum absolute atomic E-state index is 0.0962. The Labute approximate surface area is 167 Å². The second-order valence-electron chi connectivity index (χ2n) is 8.64. The van der Waals surface area contributed by atoms with E-state index in [1.54, 1.807) is 6.92 Å². The van der Waals surface area contributed by atoms with Crippen molar-refractivity contribution in [1.82, 2.24) is 0 Å². The Morgan fingerprint density at radius 3 is 1.74 bits per heavy atom. The second-order valence-corrected chi connectivity index (χ2v) is 8.64. The molecule has 0 aromatic heterocycles. The van der Waals surface area contributed by atoms with Gasteiger partial charge in [0.05, 0.1) is 12.0 Å². The Morgan fingerprint density at radius 1 is 0.815 bits per heavy atom. The van der Waals surface area contributed by atoms with Gasteiger partial charge in [0.15, 0.2) is 0 Å². The summed E-state index contributed by atoms with van der Waals surface area (Å²) >= 11 is 0. The van der Waals surface area contributed by atoms with Gasteiger partial charge in [-0.25, -0.2) is 4.79 Å². The molecule has 0 radical (unpaired) electrons. The predicted molar refractivity (Wildman–Crippen MR) is 112 cm³/mol. The number of carbonyl (C=O) groups is 2. The van der Waals surface area contributed by atoms with E-state index in [9.17, 15) is 9.59 Å². The first-order chi connectivity index (χ1) is 12.8. The minimum atomic E-state index is -0.815. The second kappa shape index (κ2) is 14.9. The van der Waals surface area contributed by atoms with Crippen molar-refractivity contribution in [2.45, 2.75) is 118 Å². The van der Waals surface area contributed by atoms with Gasteiger partial charge < -0.3 is 9.47 Å². The minimum Gasteiger partial charge on any atom is -0.463 e. The number of carbonyl (C=O) groups excluding carboxylic acids is 2. The molecule has 0 N–H and O–H groups in total. The highest BCUT2D eigenvalue weighted by molar-refractivity contribution is 5.82. The first kappa shape index (κ1) is 25.9. The fourth-order valence-electron chi connectivity index (χ4n) is 3.11. The third kappa shape index (κ3) is 12.1. The third-order valence-corrected chi connectivity index (χ3v) is 5.07. The SMILES string of the molecule is CCCCCCCCCCCCC(C)(C)C(=O)OC(C(=O)OCC)C(C)C. The standard InChI is InChI=1S/C23H44O4/c1-7-9-10-11-12-13-14-15-16-17-18-23(5,6)22(25)27-20(19(3)4)21(24)26-8-2/h19-20H,7-18H2,1-6H3. The summed E-state index contributed by atoms with van der Waals surface area (Å²) in [4.78, 5) is 24.5. The summed E-state index contributed by atoms with van der Waals surface area (Å²) in [7, 11) is 0. The van der Waals surface area contributed by atoms with Gasteiger partial charge in [-0.3, -0.25) is 4.79 Å². The van der Waals surface area contributed by atoms with Gasteiger partial charge in [-0.2, -0.15) is 0 Å². The van der Waals surface area contributed by atoms with Crippen molar-refractivity contribution in [2.75, 3.05) is 6.61 Å². The highest BCUT2D eigenvalue weighted by Crippen LogP contribution is 2.27. The molecule has 1 atom stereocenters. The molecule has 0 rings (SSSR count). The predicted octanol–water partition coefficient (Wildman–Crippen LogP) is 6.45. The van der Waals surface area contributed by atoms with Crippen LogP contribution in [0, 0.1) is 11.3 Å². The average Bonchev–Trinajstić information content (AvgIpc) is 2.60. The maximum atomic E-state index is 12.5. The lowest BCUT2D eigenvalue weighted by Crippen LogP contribution is -2.38. The summed E-state index contributed by atoms with van der Waals surface area (Å²) < 4.78 is 10.5. The zero-order valence-electron chi connectivity index (χ0n) is 18.8. The Bertz CT molecular complexity index is 401. The van der Waals surface area contributed by atoms with Crippen LogP contribution in [0.25, 0.3) is 0 Å². The number of esters is 2. The first-order valence-electron chi connectivity index (χ1n) is 11.1. The van der Waals surface area contributed by atoms with Crippen molar-refractivity contribution < 1.29 is 19.1 Å². The Kier molecular flexibility index (Phi) is 14.3. The molecular formula is C23H44O4. The number of ether oxygens (including phenoxy) is 2. The van der Waals surface area contributed by atoms with Gasteiger partial charge in [-0.05, 0) is 27.2 Å². The molecule has 0 spiro atoms. The van der Waals surface area contributed by atoms with Crippen molar-refractivity contribution in [2.24, 2.45) is 11.3 Å². The molecule has 0 aromatic carbocycles. The lowest BCUT2D eigenvalue weighted by molar-refractivity contribution is -0.176. The van der Waals surface area contributed by atoms with Crippen LogP contribution in [0.4, 0.5) is 0 Å². The van der Waals surface area contributed by atoms with E-state index < -0.39 is 17.5 Å². The summed E-state index contributed by atoms with van der Waals surface area (Å²) in [5, 5.41) is 0. The zero-order valence-corrected chi connectivity index (χ0v) is 18.8. The molecule has 4 nitrogen and oxygen atoms in total. The maximum Gasteiger partial charge on any atom is 0.347 e. The van der Waals surface area contributed by atoms with Gasteiger partial charge in [0, 0.05) is 5.92 Å². The molecule has 0 heterocycles. The summed E-state index contributed by atoms with van der Waals surface area (Å²) in [5.41, 5.74) is -0.570. The molecule has 0 aliphatic carbocycles. The average molecular weight is 385 g/mol. The number of hydrogen-bond donors (Lipinski definition) is 0. The van der Waals surface area contributed by atoms with E-state index in [-0.39, 0.29) is 11.9 Å². The molecule has 0 aliphatic rings. The lowest BCUT2D eigenvalue weighted by atomic mass is 9.86. The fraction of sp³-hybridized carbons (Fsp3) is 0.913. The highest BCUT2D eigenvalue weighted by atomic mass is 16.6. The van der Waals surface area contributed by atoms with Gasteiger partial charge in [-0.15, -0.1) is 0 Å². The van der Waals surface area contributed by atoms with Crippen molar-refractivity contribution in [3.05, 3.63) is 0 Å². The van der Waals surface area contributed by atoms with Crippen molar-refractivity contribution in [3.63, 3.8) is 0 Å². The third-order valence-electron chi connectivity index (χ3n) is 5.07. The Hall–Kier alpha value is -1.06. The van der Waals surface area contributed by atoms with Crippen LogP contribution in [-0.4, -0.2) is 24.6 Å². The Balaban J connectivity index is 4.08. The van der Waals surface area contributed by atoms with Crippen molar-refractivity contribution in [3.8, 4) is 0 Å². The van der Waals surface area contributed by atoms with Crippen LogP contribution in [0.15, 0.2) is 0 Å². The van der Waals surface area contributed by atoms with Gasteiger partial charge in [0.25, 0.3) is 0 Å². The molecule has 0 saturated heterocycles. The van der Waals surface area contributed by atoms with Crippen LogP contribution in [0.5, 0.6) is 0 Å². The normalized spacial score (nSPS) is 12.9. The van der Waals surface area contributed by atoms with Gasteiger partial charge in [-0.1, -0.05) is 85.0 Å². The van der Waals surface area contributed by atoms with E-state index in [2.05, 4.69) is 6.92 Å². The van der Waals surface area contributed by atoms with Crippen LogP contribution < -0.4 is 0 Å². The van der Waals surface area contributed by atoms with E-state index in [0.717, 1.165) is 19.3 Å². The molecule has 0 bridgehead atoms. The topological polar surface area (TPSA) is 52.6 Å². The molecular weight excluding hydrogens is 340 g/mol. The lowest BCUT2D eigenvalue weighted by Gasteiger charge is -2.27. The molecule has 0 aliphatic heterocycles. The largest absolute Gasteiger partial charge is 0.463 e. The highest BCUT2D eigenvalue weighted by Gasteiger charge is 2.35. The first-order valence-corrected chi connectivity index (χ1v) is 11.1. The molecule has 27 heavy (non-hydrogen) atoms. The van der Waals surface area contributed by atoms with Crippen LogP contribution in [-0.2, 0) is 19.1 Å². The van der Waals surface area contributed by atoms with E-state index in [1.165, 1.54) is 51.4 Å². The van der Waals surface area contributed by atoms with Crippen molar-refractivity contribution in [1.29, 1.82) is 0 Å². The summed E-state index contributed by atoms with van der Waals surface area (Å²) in [6.45, 7) is 11.8. The molecule has 1 unspecified atom stereocenters. The van der Waals surface area contributed by atoms with Crippen LogP contribution in [0.2, 0.25) is 0 Å². The molecule has 0 fully saturated rings. The molecule has 0 saturated carbocycles. The molecule has 0 amide bonds. The molecule has 4 heteroatoms. The Morgan fingerprint density at radius 2 is 1.30 bits per heavy atom. The molecule has 160 valence electrons. The summed E-state index contributed by atoms with van der Waals surface area (Å²) in [6, 6.07) is 0. The van der Waals surface area contributed by atoms with E-state index in [1.807, 2.05) is 27.7 Å². The quantitative estimate of drug-likeness (QED) is 0.226.